The second-order valence-corrected chi connectivity index (χ2v) is 6.78. The number of anilines is 1. The van der Waals surface area contributed by atoms with Crippen LogP contribution in [0, 0.1) is 0 Å². The molecule has 4 heteroatoms. The number of rotatable bonds is 4. The van der Waals surface area contributed by atoms with Gasteiger partial charge >= 0.3 is 0 Å². The van der Waals surface area contributed by atoms with Gasteiger partial charge in [0.15, 0.2) is 0 Å². The number of hydrogen-bond acceptors (Lipinski definition) is 3. The number of benzene rings is 3. The molecule has 0 atom stereocenters. The molecule has 3 nitrogen and oxygen atoms in total. The minimum absolute atomic E-state index is 0.689. The number of methoxy groups -OCH3 is 1. The molecule has 0 aliphatic rings. The molecule has 1 aromatic heterocycles. The van der Waals surface area contributed by atoms with Crippen LogP contribution in [0.2, 0.25) is 5.02 Å². The fraction of sp³-hybridized carbons (Fsp3) is 0.136. The van der Waals surface area contributed by atoms with Crippen LogP contribution >= 0.6 is 11.6 Å². The molecular weight excluding hydrogens is 344 g/mol. The van der Waals surface area contributed by atoms with Gasteiger partial charge in [-0.05, 0) is 42.0 Å². The van der Waals surface area contributed by atoms with Crippen molar-refractivity contribution in [3.8, 4) is 5.75 Å². The maximum Gasteiger partial charge on any atom is 0.119 e. The standard InChI is InChI=1S/C22H19ClN2O/c1-25(14-15-6-4-3-5-7-15)22-18-10-8-16(23)12-21(18)24-20-11-9-17(26-2)13-19(20)22/h3-13H,14H2,1-2H3. The number of hydrogen-bond donors (Lipinski definition) is 0. The zero-order chi connectivity index (χ0) is 18.1. The average Bonchev–Trinajstić information content (AvgIpc) is 2.66. The van der Waals surface area contributed by atoms with Gasteiger partial charge in [0.1, 0.15) is 5.75 Å². The molecule has 0 bridgehead atoms. The SMILES string of the molecule is COc1ccc2nc3cc(Cl)ccc3c(N(C)Cc3ccccc3)c2c1. The predicted molar refractivity (Wildman–Crippen MR) is 109 cm³/mol. The van der Waals surface area contributed by atoms with E-state index in [1.807, 2.05) is 42.5 Å². The minimum atomic E-state index is 0.689. The van der Waals surface area contributed by atoms with E-state index in [9.17, 15) is 0 Å². The first-order valence-corrected chi connectivity index (χ1v) is 8.85. The van der Waals surface area contributed by atoms with Crippen LogP contribution in [0.1, 0.15) is 5.56 Å². The van der Waals surface area contributed by atoms with Crippen molar-refractivity contribution >= 4 is 39.1 Å². The van der Waals surface area contributed by atoms with Crippen molar-refractivity contribution in [3.05, 3.63) is 77.3 Å². The molecule has 0 spiro atoms. The summed E-state index contributed by atoms with van der Waals surface area (Å²) in [7, 11) is 3.79. The first kappa shape index (κ1) is 16.7. The number of fused-ring (bicyclic) bond motifs is 2. The highest BCUT2D eigenvalue weighted by Gasteiger charge is 2.14. The zero-order valence-electron chi connectivity index (χ0n) is 14.7. The second-order valence-electron chi connectivity index (χ2n) is 6.35. The van der Waals surface area contributed by atoms with Crippen LogP contribution in [-0.4, -0.2) is 19.1 Å². The van der Waals surface area contributed by atoms with Gasteiger partial charge in [0, 0.05) is 29.4 Å². The summed E-state index contributed by atoms with van der Waals surface area (Å²) in [4.78, 5) is 7.06. The van der Waals surface area contributed by atoms with Crippen molar-refractivity contribution in [2.75, 3.05) is 19.1 Å². The smallest absolute Gasteiger partial charge is 0.119 e. The normalized spacial score (nSPS) is 11.0. The van der Waals surface area contributed by atoms with Crippen LogP contribution in [-0.2, 0) is 6.54 Å². The van der Waals surface area contributed by atoms with E-state index in [1.165, 1.54) is 5.56 Å². The molecule has 0 saturated heterocycles. The fourth-order valence-electron chi connectivity index (χ4n) is 3.35. The first-order valence-electron chi connectivity index (χ1n) is 8.48. The Kier molecular flexibility index (Phi) is 4.39. The third-order valence-corrected chi connectivity index (χ3v) is 4.79. The lowest BCUT2D eigenvalue weighted by Gasteiger charge is -2.23. The van der Waals surface area contributed by atoms with Crippen molar-refractivity contribution in [3.63, 3.8) is 0 Å². The monoisotopic (exact) mass is 362 g/mol. The summed E-state index contributed by atoms with van der Waals surface area (Å²) >= 11 is 6.21. The molecule has 0 unspecified atom stereocenters. The van der Waals surface area contributed by atoms with Crippen molar-refractivity contribution in [1.29, 1.82) is 0 Å². The van der Waals surface area contributed by atoms with Crippen molar-refractivity contribution in [1.82, 2.24) is 4.98 Å². The van der Waals surface area contributed by atoms with Gasteiger partial charge in [-0.25, -0.2) is 4.98 Å². The summed E-state index contributed by atoms with van der Waals surface area (Å²) in [6.45, 7) is 0.800. The lowest BCUT2D eigenvalue weighted by atomic mass is 10.1. The van der Waals surface area contributed by atoms with E-state index >= 15 is 0 Å². The van der Waals surface area contributed by atoms with Gasteiger partial charge in [0.05, 0.1) is 23.8 Å². The van der Waals surface area contributed by atoms with Gasteiger partial charge in [-0.2, -0.15) is 0 Å². The Morgan fingerprint density at radius 3 is 2.50 bits per heavy atom. The molecule has 0 aliphatic heterocycles. The Bertz CT molecular complexity index is 1080. The summed E-state index contributed by atoms with van der Waals surface area (Å²) in [6, 6.07) is 22.3. The molecule has 1 heterocycles. The molecule has 130 valence electrons. The molecule has 0 amide bonds. The quantitative estimate of drug-likeness (QED) is 0.436. The molecular formula is C22H19ClN2O. The van der Waals surface area contributed by atoms with E-state index in [0.717, 1.165) is 39.8 Å². The topological polar surface area (TPSA) is 25.4 Å². The molecule has 0 N–H and O–H groups in total. The highest BCUT2D eigenvalue weighted by Crippen LogP contribution is 2.36. The summed E-state index contributed by atoms with van der Waals surface area (Å²) in [5.41, 5.74) is 4.20. The average molecular weight is 363 g/mol. The third kappa shape index (κ3) is 3.06. The van der Waals surface area contributed by atoms with Crippen LogP contribution in [0.3, 0.4) is 0 Å². The summed E-state index contributed by atoms with van der Waals surface area (Å²) in [6.07, 6.45) is 0. The van der Waals surface area contributed by atoms with E-state index in [-0.39, 0.29) is 0 Å². The Hall–Kier alpha value is -2.78. The highest BCUT2D eigenvalue weighted by molar-refractivity contribution is 6.31. The van der Waals surface area contributed by atoms with Crippen molar-refractivity contribution in [2.45, 2.75) is 6.54 Å². The molecule has 0 aliphatic carbocycles. The maximum absolute atomic E-state index is 6.21. The van der Waals surface area contributed by atoms with Gasteiger partial charge in [0.2, 0.25) is 0 Å². The largest absolute Gasteiger partial charge is 0.497 e. The predicted octanol–water partition coefficient (Wildman–Crippen LogP) is 5.69. The maximum atomic E-state index is 6.21. The van der Waals surface area contributed by atoms with E-state index in [0.29, 0.717) is 5.02 Å². The third-order valence-electron chi connectivity index (χ3n) is 4.56. The van der Waals surface area contributed by atoms with Crippen molar-refractivity contribution in [2.24, 2.45) is 0 Å². The van der Waals surface area contributed by atoms with Crippen LogP contribution in [0.15, 0.2) is 66.7 Å². The molecule has 4 rings (SSSR count). The van der Waals surface area contributed by atoms with Crippen molar-refractivity contribution < 1.29 is 4.74 Å². The molecule has 0 fully saturated rings. The van der Waals surface area contributed by atoms with Gasteiger partial charge < -0.3 is 9.64 Å². The molecule has 26 heavy (non-hydrogen) atoms. The van der Waals surface area contributed by atoms with Crippen LogP contribution in [0.25, 0.3) is 21.8 Å². The number of aromatic nitrogens is 1. The first-order chi connectivity index (χ1) is 12.7. The van der Waals surface area contributed by atoms with Crippen LogP contribution < -0.4 is 9.64 Å². The molecule has 0 saturated carbocycles. The van der Waals surface area contributed by atoms with Crippen LogP contribution in [0.4, 0.5) is 5.69 Å². The van der Waals surface area contributed by atoms with E-state index in [1.54, 1.807) is 7.11 Å². The highest BCUT2D eigenvalue weighted by atomic mass is 35.5. The van der Waals surface area contributed by atoms with Gasteiger partial charge in [-0.15, -0.1) is 0 Å². The van der Waals surface area contributed by atoms with E-state index in [4.69, 9.17) is 21.3 Å². The Balaban J connectivity index is 1.95. The molecule has 0 radical (unpaired) electrons. The summed E-state index contributed by atoms with van der Waals surface area (Å²) in [5.74, 6) is 0.821. The minimum Gasteiger partial charge on any atom is -0.497 e. The van der Waals surface area contributed by atoms with E-state index in [2.05, 4.69) is 36.2 Å². The van der Waals surface area contributed by atoms with E-state index < -0.39 is 0 Å². The van der Waals surface area contributed by atoms with Crippen LogP contribution in [0.5, 0.6) is 5.75 Å². The number of ether oxygens (including phenoxy) is 1. The van der Waals surface area contributed by atoms with Gasteiger partial charge in [-0.3, -0.25) is 0 Å². The Labute approximate surface area is 157 Å². The Morgan fingerprint density at radius 2 is 1.73 bits per heavy atom. The lowest BCUT2D eigenvalue weighted by molar-refractivity contribution is 0.415. The Morgan fingerprint density at radius 1 is 0.923 bits per heavy atom. The fourth-order valence-corrected chi connectivity index (χ4v) is 3.52. The zero-order valence-corrected chi connectivity index (χ0v) is 15.5. The molecule has 3 aromatic carbocycles. The summed E-state index contributed by atoms with van der Waals surface area (Å²) < 4.78 is 5.44. The lowest BCUT2D eigenvalue weighted by Crippen LogP contribution is -2.17. The molecule has 4 aromatic rings. The van der Waals surface area contributed by atoms with Gasteiger partial charge in [-0.1, -0.05) is 41.9 Å². The number of halogens is 1. The summed E-state index contributed by atoms with van der Waals surface area (Å²) in [5, 5.41) is 2.83. The number of nitrogens with zero attached hydrogens (tertiary/aromatic N) is 2. The number of pyridine rings is 1. The van der Waals surface area contributed by atoms with Gasteiger partial charge in [0.25, 0.3) is 0 Å². The second kappa shape index (κ2) is 6.85.